The summed E-state index contributed by atoms with van der Waals surface area (Å²) in [5, 5.41) is 17.5. The second-order valence-electron chi connectivity index (χ2n) is 9.64. The minimum absolute atomic E-state index is 0.0595. The number of hydrogen-bond donors (Lipinski definition) is 7. The van der Waals surface area contributed by atoms with Crippen LogP contribution in [-0.4, -0.2) is 66.1 Å². The van der Waals surface area contributed by atoms with E-state index in [-0.39, 0.29) is 18.3 Å². The van der Waals surface area contributed by atoms with E-state index in [1.807, 2.05) is 20.8 Å². The van der Waals surface area contributed by atoms with Crippen LogP contribution in [0.1, 0.15) is 79.1 Å². The number of carbonyl (C=O) groups excluding carboxylic acids is 3. The number of unbranched alkanes of at least 4 members (excludes halogenated alkanes) is 2. The molecular formula is C24H48N6O5. The van der Waals surface area contributed by atoms with Gasteiger partial charge in [-0.1, -0.05) is 40.5 Å². The summed E-state index contributed by atoms with van der Waals surface area (Å²) in [6.07, 6.45) is 4.36. The molecule has 0 bridgehead atoms. The van der Waals surface area contributed by atoms with Crippen molar-refractivity contribution in [3.8, 4) is 0 Å². The Morgan fingerprint density at radius 2 is 1.31 bits per heavy atom. The third-order valence-electron chi connectivity index (χ3n) is 6.00. The number of nitrogens with one attached hydrogen (secondary N) is 3. The van der Waals surface area contributed by atoms with Crippen molar-refractivity contribution >= 4 is 23.7 Å². The number of carboxylic acid groups (broad SMARTS) is 1. The zero-order valence-corrected chi connectivity index (χ0v) is 21.8. The Kier molecular flexibility index (Phi) is 16.9. The van der Waals surface area contributed by atoms with Crippen LogP contribution in [0.3, 0.4) is 0 Å². The SMILES string of the molecule is CCC(C)C(NC(=O)C(CCCCN)NC(=O)C(N)CCCCN)C(=O)NC(CC(C)C)C(=O)O. The standard InChI is InChI=1S/C24H48N6O5/c1-5-16(4)20(23(33)29-19(24(34)35)14-15(2)3)30-22(32)18(11-7-9-13-26)28-21(31)17(27)10-6-8-12-25/h15-20H,5-14,25-27H2,1-4H3,(H,28,31)(H,29,33)(H,30,32)(H,34,35). The van der Waals surface area contributed by atoms with Crippen molar-refractivity contribution in [1.82, 2.24) is 16.0 Å². The number of nitrogens with two attached hydrogens (primary N) is 3. The van der Waals surface area contributed by atoms with Crippen LogP contribution >= 0.6 is 0 Å². The molecule has 0 fully saturated rings. The van der Waals surface area contributed by atoms with Gasteiger partial charge in [0, 0.05) is 0 Å². The fourth-order valence-corrected chi connectivity index (χ4v) is 3.59. The van der Waals surface area contributed by atoms with Crippen LogP contribution in [0.25, 0.3) is 0 Å². The fraction of sp³-hybridized carbons (Fsp3) is 0.833. The van der Waals surface area contributed by atoms with Crippen LogP contribution < -0.4 is 33.2 Å². The molecule has 0 aliphatic carbocycles. The van der Waals surface area contributed by atoms with Gasteiger partial charge in [0.1, 0.15) is 18.1 Å². The molecule has 0 rings (SSSR count). The van der Waals surface area contributed by atoms with Gasteiger partial charge in [0.15, 0.2) is 0 Å². The lowest BCUT2D eigenvalue weighted by Crippen LogP contribution is -2.58. The highest BCUT2D eigenvalue weighted by atomic mass is 16.4. The van der Waals surface area contributed by atoms with Crippen LogP contribution in [0, 0.1) is 11.8 Å². The highest BCUT2D eigenvalue weighted by Gasteiger charge is 2.32. The second kappa shape index (κ2) is 18.1. The van der Waals surface area contributed by atoms with Gasteiger partial charge < -0.3 is 38.3 Å². The first-order valence-electron chi connectivity index (χ1n) is 12.8. The number of amides is 3. The van der Waals surface area contributed by atoms with E-state index < -0.39 is 47.9 Å². The minimum atomic E-state index is -1.13. The molecule has 11 heteroatoms. The van der Waals surface area contributed by atoms with Gasteiger partial charge in [-0.2, -0.15) is 0 Å². The molecule has 0 aromatic carbocycles. The van der Waals surface area contributed by atoms with Gasteiger partial charge in [0.05, 0.1) is 6.04 Å². The monoisotopic (exact) mass is 500 g/mol. The third-order valence-corrected chi connectivity index (χ3v) is 6.00. The van der Waals surface area contributed by atoms with E-state index in [2.05, 4.69) is 16.0 Å². The van der Waals surface area contributed by atoms with E-state index in [1.54, 1.807) is 6.92 Å². The lowest BCUT2D eigenvalue weighted by Gasteiger charge is -2.28. The zero-order chi connectivity index (χ0) is 27.0. The zero-order valence-electron chi connectivity index (χ0n) is 21.8. The Bertz CT molecular complexity index is 660. The highest BCUT2D eigenvalue weighted by molar-refractivity contribution is 5.94. The minimum Gasteiger partial charge on any atom is -0.480 e. The van der Waals surface area contributed by atoms with Gasteiger partial charge in [-0.3, -0.25) is 14.4 Å². The molecule has 10 N–H and O–H groups in total. The Labute approximate surface area is 209 Å². The maximum absolute atomic E-state index is 13.2. The predicted molar refractivity (Wildman–Crippen MR) is 136 cm³/mol. The number of rotatable bonds is 19. The van der Waals surface area contributed by atoms with Gasteiger partial charge in [0.25, 0.3) is 0 Å². The largest absolute Gasteiger partial charge is 0.480 e. The molecule has 0 radical (unpaired) electrons. The average Bonchev–Trinajstić information content (AvgIpc) is 2.80. The molecule has 0 saturated carbocycles. The Hall–Kier alpha value is -2.24. The number of aliphatic carboxylic acids is 1. The Morgan fingerprint density at radius 3 is 1.80 bits per heavy atom. The lowest BCUT2D eigenvalue weighted by atomic mass is 9.96. The first-order chi connectivity index (χ1) is 16.5. The van der Waals surface area contributed by atoms with Crippen molar-refractivity contribution in [2.45, 2.75) is 103 Å². The number of carbonyl (C=O) groups is 4. The molecule has 0 aliphatic heterocycles. The highest BCUT2D eigenvalue weighted by Crippen LogP contribution is 2.12. The van der Waals surface area contributed by atoms with Gasteiger partial charge in [-0.05, 0) is 63.5 Å². The predicted octanol–water partition coefficient (Wildman–Crippen LogP) is 0.203. The van der Waals surface area contributed by atoms with E-state index in [9.17, 15) is 24.3 Å². The molecule has 204 valence electrons. The molecule has 5 atom stereocenters. The fourth-order valence-electron chi connectivity index (χ4n) is 3.59. The topological polar surface area (TPSA) is 203 Å². The quantitative estimate of drug-likeness (QED) is 0.122. The molecule has 35 heavy (non-hydrogen) atoms. The molecule has 0 aromatic rings. The first-order valence-corrected chi connectivity index (χ1v) is 12.8. The van der Waals surface area contributed by atoms with Crippen LogP contribution in [-0.2, 0) is 19.2 Å². The molecule has 0 spiro atoms. The van der Waals surface area contributed by atoms with Gasteiger partial charge >= 0.3 is 5.97 Å². The Balaban J connectivity index is 5.49. The summed E-state index contributed by atoms with van der Waals surface area (Å²) in [7, 11) is 0. The van der Waals surface area contributed by atoms with E-state index in [0.29, 0.717) is 51.6 Å². The van der Waals surface area contributed by atoms with Gasteiger partial charge in [-0.15, -0.1) is 0 Å². The normalized spacial score (nSPS) is 15.5. The van der Waals surface area contributed by atoms with E-state index >= 15 is 0 Å². The smallest absolute Gasteiger partial charge is 0.326 e. The molecule has 0 aliphatic rings. The van der Waals surface area contributed by atoms with Crippen LogP contribution in [0.5, 0.6) is 0 Å². The summed E-state index contributed by atoms with van der Waals surface area (Å²) >= 11 is 0. The van der Waals surface area contributed by atoms with Crippen molar-refractivity contribution in [3.05, 3.63) is 0 Å². The first kappa shape index (κ1) is 32.8. The molecule has 0 heterocycles. The van der Waals surface area contributed by atoms with Crippen LogP contribution in [0.15, 0.2) is 0 Å². The summed E-state index contributed by atoms with van der Waals surface area (Å²) in [6, 6.07) is -3.67. The van der Waals surface area contributed by atoms with Crippen molar-refractivity contribution < 1.29 is 24.3 Å². The molecule has 3 amide bonds. The van der Waals surface area contributed by atoms with Crippen molar-refractivity contribution in [2.75, 3.05) is 13.1 Å². The van der Waals surface area contributed by atoms with E-state index in [1.165, 1.54) is 0 Å². The van der Waals surface area contributed by atoms with E-state index in [4.69, 9.17) is 17.2 Å². The Morgan fingerprint density at radius 1 is 0.771 bits per heavy atom. The molecule has 0 saturated heterocycles. The van der Waals surface area contributed by atoms with Crippen LogP contribution in [0.2, 0.25) is 0 Å². The second-order valence-corrected chi connectivity index (χ2v) is 9.64. The maximum atomic E-state index is 13.2. The van der Waals surface area contributed by atoms with Crippen molar-refractivity contribution in [1.29, 1.82) is 0 Å². The average molecular weight is 501 g/mol. The van der Waals surface area contributed by atoms with E-state index in [0.717, 1.165) is 6.42 Å². The number of hydrogen-bond acceptors (Lipinski definition) is 7. The summed E-state index contributed by atoms with van der Waals surface area (Å²) in [5.74, 6) is -2.85. The molecule has 5 unspecified atom stereocenters. The summed E-state index contributed by atoms with van der Waals surface area (Å²) in [5.41, 5.74) is 17.0. The molecule has 11 nitrogen and oxygen atoms in total. The van der Waals surface area contributed by atoms with Crippen molar-refractivity contribution in [3.63, 3.8) is 0 Å². The summed E-state index contributed by atoms with van der Waals surface area (Å²) in [4.78, 5) is 50.4. The maximum Gasteiger partial charge on any atom is 0.326 e. The summed E-state index contributed by atoms with van der Waals surface area (Å²) < 4.78 is 0. The third kappa shape index (κ3) is 13.4. The lowest BCUT2D eigenvalue weighted by molar-refractivity contribution is -0.143. The summed E-state index contributed by atoms with van der Waals surface area (Å²) in [6.45, 7) is 8.37. The molecular weight excluding hydrogens is 452 g/mol. The van der Waals surface area contributed by atoms with Gasteiger partial charge in [-0.25, -0.2) is 4.79 Å². The van der Waals surface area contributed by atoms with Gasteiger partial charge in [0.2, 0.25) is 17.7 Å². The number of carboxylic acids is 1. The van der Waals surface area contributed by atoms with Crippen LogP contribution in [0.4, 0.5) is 0 Å². The van der Waals surface area contributed by atoms with Crippen molar-refractivity contribution in [2.24, 2.45) is 29.0 Å². The molecule has 0 aromatic heterocycles.